The van der Waals surface area contributed by atoms with Gasteiger partial charge in [0.2, 0.25) is 0 Å². The number of halogens is 1. The first-order chi connectivity index (χ1) is 17.9. The predicted molar refractivity (Wildman–Crippen MR) is 148 cm³/mol. The number of rotatable bonds is 9. The minimum atomic E-state index is -0.242. The number of thiazole rings is 1. The highest BCUT2D eigenvalue weighted by atomic mass is 32.1. The number of aromatic amines is 1. The van der Waals surface area contributed by atoms with Gasteiger partial charge < -0.3 is 10.3 Å². The standard InChI is InChI=1S/C30H29FN4OS/c1-20-7-12-25(15-21(20)2)33-30(36)28-19-37-29(34-28)18-35(17-22-8-10-24(31)11-9-22)14-13-23-16-32-27-6-4-3-5-26(23)27/h3-12,15-16,19,32H,13-14,17-18H2,1-2H3,(H,33,36). The van der Waals surface area contributed by atoms with Crippen LogP contribution in [-0.4, -0.2) is 27.3 Å². The van der Waals surface area contributed by atoms with Crippen LogP contribution in [0.4, 0.5) is 10.1 Å². The summed E-state index contributed by atoms with van der Waals surface area (Å²) in [4.78, 5) is 23.1. The molecule has 0 aliphatic heterocycles. The Balaban J connectivity index is 1.29. The van der Waals surface area contributed by atoms with Gasteiger partial charge in [-0.25, -0.2) is 9.37 Å². The number of carbonyl (C=O) groups is 1. The van der Waals surface area contributed by atoms with Crippen LogP contribution in [0.25, 0.3) is 10.9 Å². The van der Waals surface area contributed by atoms with Crippen LogP contribution in [0.2, 0.25) is 0 Å². The Morgan fingerprint density at radius 1 is 1.03 bits per heavy atom. The summed E-state index contributed by atoms with van der Waals surface area (Å²) in [6, 6.07) is 20.8. The fourth-order valence-corrected chi connectivity index (χ4v) is 5.19. The van der Waals surface area contributed by atoms with Crippen molar-refractivity contribution in [1.29, 1.82) is 0 Å². The van der Waals surface area contributed by atoms with Crippen molar-refractivity contribution >= 4 is 33.8 Å². The Labute approximate surface area is 220 Å². The highest BCUT2D eigenvalue weighted by molar-refractivity contribution is 7.09. The third kappa shape index (κ3) is 6.13. The molecule has 1 amide bonds. The van der Waals surface area contributed by atoms with Crippen molar-refractivity contribution in [2.24, 2.45) is 0 Å². The lowest BCUT2D eigenvalue weighted by Gasteiger charge is -2.21. The van der Waals surface area contributed by atoms with Crippen molar-refractivity contribution in [2.45, 2.75) is 33.4 Å². The highest BCUT2D eigenvalue weighted by Crippen LogP contribution is 2.21. The van der Waals surface area contributed by atoms with E-state index in [0.29, 0.717) is 18.8 Å². The van der Waals surface area contributed by atoms with Gasteiger partial charge in [0.25, 0.3) is 5.91 Å². The van der Waals surface area contributed by atoms with Crippen molar-refractivity contribution in [3.8, 4) is 0 Å². The Kier molecular flexibility index (Phi) is 7.44. The predicted octanol–water partition coefficient (Wildman–Crippen LogP) is 6.88. The summed E-state index contributed by atoms with van der Waals surface area (Å²) in [5.74, 6) is -0.455. The second-order valence-electron chi connectivity index (χ2n) is 9.33. The molecule has 5 nitrogen and oxygen atoms in total. The van der Waals surface area contributed by atoms with Gasteiger partial charge in [0.05, 0.1) is 6.54 Å². The fourth-order valence-electron chi connectivity index (χ4n) is 4.37. The summed E-state index contributed by atoms with van der Waals surface area (Å²) < 4.78 is 13.5. The molecule has 3 aromatic carbocycles. The van der Waals surface area contributed by atoms with E-state index in [1.165, 1.54) is 40.0 Å². The Morgan fingerprint density at radius 2 is 1.84 bits per heavy atom. The van der Waals surface area contributed by atoms with Crippen molar-refractivity contribution < 1.29 is 9.18 Å². The second-order valence-corrected chi connectivity index (χ2v) is 10.3. The Bertz CT molecular complexity index is 1520. The summed E-state index contributed by atoms with van der Waals surface area (Å²) >= 11 is 1.48. The van der Waals surface area contributed by atoms with Crippen molar-refractivity contribution in [3.63, 3.8) is 0 Å². The maximum absolute atomic E-state index is 13.5. The number of nitrogens with zero attached hydrogens (tertiary/aromatic N) is 2. The summed E-state index contributed by atoms with van der Waals surface area (Å²) in [5, 5.41) is 6.85. The van der Waals surface area contributed by atoms with E-state index in [9.17, 15) is 9.18 Å². The van der Waals surface area contributed by atoms with Crippen molar-refractivity contribution in [1.82, 2.24) is 14.9 Å². The lowest BCUT2D eigenvalue weighted by Crippen LogP contribution is -2.25. The minimum absolute atomic E-state index is 0.213. The van der Waals surface area contributed by atoms with Crippen LogP contribution in [0, 0.1) is 19.7 Å². The number of hydrogen-bond donors (Lipinski definition) is 2. The third-order valence-electron chi connectivity index (χ3n) is 6.60. The molecular formula is C30H29FN4OS. The van der Waals surface area contributed by atoms with E-state index in [1.807, 2.05) is 50.2 Å². The van der Waals surface area contributed by atoms with Gasteiger partial charge in [-0.05, 0) is 72.9 Å². The maximum Gasteiger partial charge on any atom is 0.275 e. The molecule has 2 N–H and O–H groups in total. The van der Waals surface area contributed by atoms with Crippen molar-refractivity contribution in [2.75, 3.05) is 11.9 Å². The molecule has 2 aromatic heterocycles. The van der Waals surface area contributed by atoms with Crippen LogP contribution in [0.15, 0.2) is 78.3 Å². The molecule has 0 saturated heterocycles. The topological polar surface area (TPSA) is 61.0 Å². The number of nitrogens with one attached hydrogen (secondary N) is 2. The van der Waals surface area contributed by atoms with Gasteiger partial charge in [0, 0.05) is 41.3 Å². The summed E-state index contributed by atoms with van der Waals surface area (Å²) in [6.45, 7) is 6.12. The zero-order chi connectivity index (χ0) is 25.8. The number of anilines is 1. The number of para-hydroxylation sites is 1. The van der Waals surface area contributed by atoms with Crippen LogP contribution >= 0.6 is 11.3 Å². The summed E-state index contributed by atoms with van der Waals surface area (Å²) in [6.07, 6.45) is 2.93. The number of amides is 1. The van der Waals surface area contributed by atoms with Crippen LogP contribution in [-0.2, 0) is 19.5 Å². The minimum Gasteiger partial charge on any atom is -0.361 e. The number of aryl methyl sites for hydroxylation is 2. The van der Waals surface area contributed by atoms with Crippen LogP contribution in [0.1, 0.15) is 37.7 Å². The lowest BCUT2D eigenvalue weighted by molar-refractivity contribution is 0.102. The van der Waals surface area contributed by atoms with E-state index in [2.05, 4.69) is 44.6 Å². The largest absolute Gasteiger partial charge is 0.361 e. The van der Waals surface area contributed by atoms with E-state index in [-0.39, 0.29) is 11.7 Å². The van der Waals surface area contributed by atoms with Gasteiger partial charge in [-0.2, -0.15) is 0 Å². The number of hydrogen-bond acceptors (Lipinski definition) is 4. The maximum atomic E-state index is 13.5. The summed E-state index contributed by atoms with van der Waals surface area (Å²) in [7, 11) is 0. The molecule has 0 bridgehead atoms. The fraction of sp³-hybridized carbons (Fsp3) is 0.200. The van der Waals surface area contributed by atoms with Crippen LogP contribution < -0.4 is 5.32 Å². The molecule has 5 rings (SSSR count). The first kappa shape index (κ1) is 24.9. The molecule has 0 radical (unpaired) electrons. The Morgan fingerprint density at radius 3 is 2.65 bits per heavy atom. The number of fused-ring (bicyclic) bond motifs is 1. The molecule has 2 heterocycles. The Hall–Kier alpha value is -3.81. The average molecular weight is 513 g/mol. The summed E-state index contributed by atoms with van der Waals surface area (Å²) in [5.41, 5.74) is 6.90. The van der Waals surface area contributed by atoms with E-state index in [4.69, 9.17) is 0 Å². The van der Waals surface area contributed by atoms with Crippen molar-refractivity contribution in [3.05, 3.63) is 117 Å². The number of carbonyl (C=O) groups excluding carboxylic acids is 1. The van der Waals surface area contributed by atoms with Gasteiger partial charge >= 0.3 is 0 Å². The molecule has 188 valence electrons. The highest BCUT2D eigenvalue weighted by Gasteiger charge is 2.15. The molecule has 0 unspecified atom stereocenters. The third-order valence-corrected chi connectivity index (χ3v) is 7.43. The molecule has 0 fully saturated rings. The molecule has 37 heavy (non-hydrogen) atoms. The molecule has 0 spiro atoms. The number of H-pyrrole nitrogens is 1. The molecule has 0 saturated carbocycles. The van der Waals surface area contributed by atoms with E-state index < -0.39 is 0 Å². The van der Waals surface area contributed by atoms with Crippen LogP contribution in [0.5, 0.6) is 0 Å². The van der Waals surface area contributed by atoms with E-state index in [1.54, 1.807) is 5.38 Å². The van der Waals surface area contributed by atoms with Gasteiger partial charge in [0.15, 0.2) is 0 Å². The number of benzene rings is 3. The second kappa shape index (κ2) is 11.1. The monoisotopic (exact) mass is 512 g/mol. The van der Waals surface area contributed by atoms with Gasteiger partial charge in [-0.15, -0.1) is 11.3 Å². The zero-order valence-electron chi connectivity index (χ0n) is 20.9. The van der Waals surface area contributed by atoms with Gasteiger partial charge in [-0.1, -0.05) is 36.4 Å². The molecule has 0 aliphatic carbocycles. The van der Waals surface area contributed by atoms with E-state index in [0.717, 1.165) is 40.3 Å². The van der Waals surface area contributed by atoms with Gasteiger partial charge in [0.1, 0.15) is 16.5 Å². The lowest BCUT2D eigenvalue weighted by atomic mass is 10.1. The van der Waals surface area contributed by atoms with Crippen LogP contribution in [0.3, 0.4) is 0 Å². The average Bonchev–Trinajstić information content (AvgIpc) is 3.53. The zero-order valence-corrected chi connectivity index (χ0v) is 21.7. The number of aromatic nitrogens is 2. The SMILES string of the molecule is Cc1ccc(NC(=O)c2csc(CN(CCc3c[nH]c4ccccc34)Cc3ccc(F)cc3)n2)cc1C. The first-order valence-electron chi connectivity index (χ1n) is 12.3. The normalized spacial score (nSPS) is 11.4. The van der Waals surface area contributed by atoms with E-state index >= 15 is 0 Å². The molecule has 0 aliphatic rings. The molecule has 7 heteroatoms. The smallest absolute Gasteiger partial charge is 0.275 e. The molecule has 5 aromatic rings. The first-order valence-corrected chi connectivity index (χ1v) is 13.2. The quantitative estimate of drug-likeness (QED) is 0.226. The molecular weight excluding hydrogens is 483 g/mol. The van der Waals surface area contributed by atoms with Gasteiger partial charge in [-0.3, -0.25) is 9.69 Å². The molecule has 0 atom stereocenters.